The lowest BCUT2D eigenvalue weighted by Crippen LogP contribution is -2.41. The van der Waals surface area contributed by atoms with Crippen molar-refractivity contribution in [2.24, 2.45) is 0 Å². The van der Waals surface area contributed by atoms with Crippen molar-refractivity contribution in [1.82, 2.24) is 0 Å². The van der Waals surface area contributed by atoms with Gasteiger partial charge in [0.1, 0.15) is 6.16 Å². The van der Waals surface area contributed by atoms with Gasteiger partial charge in [0.05, 0.1) is 25.2 Å². The highest BCUT2D eigenvalue weighted by molar-refractivity contribution is 7.69. The Morgan fingerprint density at radius 3 is 0.950 bits per heavy atom. The molecular weight excluding hydrogens is 974 g/mol. The average Bonchev–Trinajstić information content (AvgIpc) is 2.95. The zero-order chi connectivity index (χ0) is 50.1. The third-order valence-corrected chi connectivity index (χ3v) is 10.2. The lowest BCUT2D eigenvalue weighted by molar-refractivity contribution is -0.148. The van der Waals surface area contributed by atoms with E-state index in [-0.39, 0.29) is 19.0 Å². The second-order valence-corrected chi connectivity index (χ2v) is 20.4. The summed E-state index contributed by atoms with van der Waals surface area (Å²) in [6, 6.07) is 0. The van der Waals surface area contributed by atoms with Crippen LogP contribution in [0.15, 0.2) is 0 Å². The molecule has 41 heteroatoms. The van der Waals surface area contributed by atoms with Gasteiger partial charge in [-0.15, -0.1) is 0 Å². The normalized spacial score (nSPS) is 12.9. The smallest absolute Gasteiger partial charge is 0.433 e. The standard InChI is InChI=1S/C7H11O9P.C4H9O5P.C3H7O5P.C2H5O6P.C2H5O5P.CH3O5P/c8-4(9)1-2-7(6(12)13,3-5(10)11)17(14,15)16;5-4(6)2-1-3-10(7,8)9;4-3(5)1-2-9(6,7)8;3-1(4)2(5)9(6,7)8;3-2(4)1-8(5,6)7;2-1(3)7(4,5)6/h1-3H2,(H,8,9)(H,10,11)(H,12,13)(H2,14,15,16);1-3H2,(H,5,6)(H2,7,8,9);1-2H2,(H,4,5)(H2,6,7,8);2,5H,(H,3,4)(H2,6,7,8);1H2,(H,3,4)(H2,5,6,7);(H,2,3)(H2,4,5,6). The van der Waals surface area contributed by atoms with E-state index in [2.05, 4.69) is 0 Å². The minimum Gasteiger partial charge on any atom is -0.481 e. The maximum Gasteiger partial charge on any atom is 0.433 e. The van der Waals surface area contributed by atoms with Gasteiger partial charge in [-0.3, -0.25) is 51.6 Å². The molecule has 2 unspecified atom stereocenters. The summed E-state index contributed by atoms with van der Waals surface area (Å²) in [7, 11) is -27.4. The van der Waals surface area contributed by atoms with E-state index in [4.69, 9.17) is 105 Å². The number of carboxylic acid groups (broad SMARTS) is 8. The lowest BCUT2D eigenvalue weighted by atomic mass is 9.98. The number of rotatable bonds is 19. The van der Waals surface area contributed by atoms with Gasteiger partial charge in [-0.05, 0) is 12.8 Å². The number of hydrogen-bond donors (Lipinski definition) is 21. The highest BCUT2D eigenvalue weighted by atomic mass is 31.2. The molecule has 0 amide bonds. The van der Waals surface area contributed by atoms with Crippen LogP contribution in [-0.4, -0.2) is 182 Å². The summed E-state index contributed by atoms with van der Waals surface area (Å²) in [4.78, 5) is 177. The third-order valence-electron chi connectivity index (χ3n) is 4.74. The number of aliphatic carboxylic acids is 7. The predicted octanol–water partition coefficient (Wildman–Crippen LogP) is -3.35. The first-order chi connectivity index (χ1) is 26.1. The van der Waals surface area contributed by atoms with E-state index in [1.54, 1.807) is 0 Å². The van der Waals surface area contributed by atoms with Crippen LogP contribution < -0.4 is 0 Å². The highest BCUT2D eigenvalue weighted by Crippen LogP contribution is 2.55. The summed E-state index contributed by atoms with van der Waals surface area (Å²) >= 11 is 0. The Hall–Kier alpha value is -3.38. The summed E-state index contributed by atoms with van der Waals surface area (Å²) in [5.74, 6) is -13.5. The van der Waals surface area contributed by atoms with Crippen LogP contribution in [0.4, 0.5) is 4.79 Å². The van der Waals surface area contributed by atoms with Gasteiger partial charge in [0.15, 0.2) is 5.16 Å². The van der Waals surface area contributed by atoms with Crippen LogP contribution in [0.25, 0.3) is 0 Å². The van der Waals surface area contributed by atoms with Crippen molar-refractivity contribution in [3.05, 3.63) is 0 Å². The molecule has 0 bridgehead atoms. The molecule has 0 aliphatic rings. The van der Waals surface area contributed by atoms with Crippen LogP contribution in [0.5, 0.6) is 0 Å². The van der Waals surface area contributed by atoms with E-state index in [1.807, 2.05) is 0 Å². The van der Waals surface area contributed by atoms with Gasteiger partial charge in [0.2, 0.25) is 0 Å². The second-order valence-electron chi connectivity index (χ2n) is 10.1. The molecule has 0 aliphatic heterocycles. The minimum atomic E-state index is -5.32. The van der Waals surface area contributed by atoms with Crippen LogP contribution in [0.2, 0.25) is 0 Å². The Morgan fingerprint density at radius 1 is 0.467 bits per heavy atom. The van der Waals surface area contributed by atoms with Gasteiger partial charge in [-0.25, -0.2) is 14.2 Å². The van der Waals surface area contributed by atoms with Crippen molar-refractivity contribution in [3.63, 3.8) is 0 Å². The quantitative estimate of drug-likeness (QED) is 0.0562. The topological polar surface area (TPSA) is 664 Å². The van der Waals surface area contributed by atoms with Gasteiger partial charge in [0.25, 0.3) is 5.85 Å². The molecule has 60 heavy (non-hydrogen) atoms. The zero-order valence-corrected chi connectivity index (χ0v) is 34.6. The summed E-state index contributed by atoms with van der Waals surface area (Å²) in [5, 5.41) is 69.8. The van der Waals surface area contributed by atoms with Crippen molar-refractivity contribution in [3.8, 4) is 0 Å². The average molecular weight is 1010 g/mol. The summed E-state index contributed by atoms with van der Waals surface area (Å²) in [6.45, 7) is 0. The summed E-state index contributed by atoms with van der Waals surface area (Å²) < 4.78 is 60.2. The van der Waals surface area contributed by atoms with Crippen molar-refractivity contribution >= 4 is 93.1 Å². The maximum atomic E-state index is 11.1. The number of carboxylic acids is 7. The van der Waals surface area contributed by atoms with Gasteiger partial charge in [0, 0.05) is 12.8 Å². The fourth-order valence-corrected chi connectivity index (χ4v) is 4.89. The summed E-state index contributed by atoms with van der Waals surface area (Å²) in [6.07, 6.45) is -5.83. The molecule has 0 rings (SSSR count). The first kappa shape index (κ1) is 68.4. The Morgan fingerprint density at radius 2 is 0.817 bits per heavy atom. The SMILES string of the molecule is O=C(O)C(O)P(=O)(O)O.O=C(O)CCC(CC(=O)O)(C(=O)O)P(=O)(O)O.O=C(O)CCCP(=O)(O)O.O=C(O)CCP(=O)(O)O.O=C(O)CP(=O)(O)O.O=C(O)P(=O)(O)O. The van der Waals surface area contributed by atoms with Crippen LogP contribution >= 0.6 is 45.6 Å². The number of hydrogen-bond acceptors (Lipinski definition) is 15. The van der Waals surface area contributed by atoms with Gasteiger partial charge in [-0.2, -0.15) is 0 Å². The molecule has 356 valence electrons. The number of aliphatic hydroxyl groups is 1. The zero-order valence-electron chi connectivity index (χ0n) is 29.2. The molecular formula is C19H40O35P6. The molecule has 0 spiro atoms. The Kier molecular flexibility index (Phi) is 34.0. The van der Waals surface area contributed by atoms with Crippen LogP contribution in [0.1, 0.15) is 38.5 Å². The number of aliphatic hydroxyl groups excluding tert-OH is 1. The Labute approximate surface area is 331 Å². The molecule has 0 fully saturated rings. The maximum absolute atomic E-state index is 11.1. The highest BCUT2D eigenvalue weighted by Gasteiger charge is 2.55. The molecule has 0 aromatic carbocycles. The Balaban J connectivity index is -0.000000150. The molecule has 35 nitrogen and oxygen atoms in total. The van der Waals surface area contributed by atoms with E-state index in [0.29, 0.717) is 0 Å². The lowest BCUT2D eigenvalue weighted by Gasteiger charge is -2.27. The van der Waals surface area contributed by atoms with Gasteiger partial charge >= 0.3 is 93.1 Å². The second kappa shape index (κ2) is 29.8. The van der Waals surface area contributed by atoms with Crippen molar-refractivity contribution in [2.75, 3.05) is 18.5 Å². The minimum absolute atomic E-state index is 0.0274. The molecule has 2 atom stereocenters. The first-order valence-electron chi connectivity index (χ1n) is 13.8. The predicted molar refractivity (Wildman–Crippen MR) is 185 cm³/mol. The molecule has 0 aromatic rings. The van der Waals surface area contributed by atoms with E-state index in [1.165, 1.54) is 0 Å². The number of carbonyl (C=O) groups is 8. The molecule has 0 radical (unpaired) electrons. The molecule has 21 N–H and O–H groups in total. The summed E-state index contributed by atoms with van der Waals surface area (Å²) in [5.41, 5.74) is -2.09. The molecule has 0 aromatic heterocycles. The fraction of sp³-hybridized carbons (Fsp3) is 0.579. The van der Waals surface area contributed by atoms with Crippen molar-refractivity contribution in [2.45, 2.75) is 49.5 Å². The van der Waals surface area contributed by atoms with E-state index in [0.717, 1.165) is 0 Å². The van der Waals surface area contributed by atoms with Crippen LogP contribution in [-0.2, 0) is 61.0 Å². The van der Waals surface area contributed by atoms with E-state index >= 15 is 0 Å². The molecule has 0 aliphatic carbocycles. The van der Waals surface area contributed by atoms with Crippen LogP contribution in [0.3, 0.4) is 0 Å². The largest absolute Gasteiger partial charge is 0.481 e. The van der Waals surface area contributed by atoms with E-state index < -0.39 is 142 Å². The fourth-order valence-electron chi connectivity index (χ4n) is 2.21. The van der Waals surface area contributed by atoms with Gasteiger partial charge < -0.3 is 105 Å². The Bertz CT molecular complexity index is 1730. The van der Waals surface area contributed by atoms with E-state index in [9.17, 15) is 65.7 Å². The van der Waals surface area contributed by atoms with Crippen molar-refractivity contribution < 1.29 is 170 Å². The monoisotopic (exact) mass is 1010 g/mol. The van der Waals surface area contributed by atoms with Crippen LogP contribution in [0, 0.1) is 0 Å². The molecule has 0 saturated carbocycles. The van der Waals surface area contributed by atoms with Crippen molar-refractivity contribution in [1.29, 1.82) is 0 Å². The molecule has 0 heterocycles. The first-order valence-corrected chi connectivity index (χ1v) is 24.1. The third kappa shape index (κ3) is 49.0. The van der Waals surface area contributed by atoms with Gasteiger partial charge in [-0.1, -0.05) is 0 Å². The molecule has 0 saturated heterocycles.